The smallest absolute Gasteiger partial charge is 0.330 e. The van der Waals surface area contributed by atoms with E-state index in [1.54, 1.807) is 0 Å². The van der Waals surface area contributed by atoms with E-state index >= 15 is 0 Å². The Hall–Kier alpha value is -3.57. The molecule has 3 aromatic rings. The van der Waals surface area contributed by atoms with E-state index < -0.39 is 62.6 Å². The van der Waals surface area contributed by atoms with E-state index in [0.717, 1.165) is 9.47 Å². The molecule has 0 aliphatic rings. The highest BCUT2D eigenvalue weighted by Gasteiger charge is 2.33. The molecule has 8 nitrogen and oxygen atoms in total. The average molecular weight is 456 g/mol. The van der Waals surface area contributed by atoms with Crippen LogP contribution >= 0.6 is 0 Å². The molecular formula is C20H20F4N4O4. The lowest BCUT2D eigenvalue weighted by Crippen LogP contribution is -2.41. The van der Waals surface area contributed by atoms with E-state index in [-0.39, 0.29) is 24.7 Å². The van der Waals surface area contributed by atoms with Crippen LogP contribution in [0.15, 0.2) is 14.0 Å². The third-order valence-corrected chi connectivity index (χ3v) is 5.08. The number of fused-ring (bicyclic) bond motifs is 1. The van der Waals surface area contributed by atoms with Crippen molar-refractivity contribution in [2.75, 3.05) is 17.2 Å². The number of nitrogens with two attached hydrogens (primary N) is 1. The molecule has 0 fully saturated rings. The van der Waals surface area contributed by atoms with Crippen molar-refractivity contribution in [2.24, 2.45) is 0 Å². The first-order valence-electron chi connectivity index (χ1n) is 9.76. The minimum absolute atomic E-state index is 0.161. The highest BCUT2D eigenvalue weighted by molar-refractivity contribution is 6.15. The van der Waals surface area contributed by atoms with Crippen molar-refractivity contribution < 1.29 is 26.8 Å². The normalized spacial score (nSPS) is 11.3. The summed E-state index contributed by atoms with van der Waals surface area (Å²) in [6.45, 7) is 4.49. The largest absolute Gasteiger partial charge is 0.457 e. The molecule has 172 valence electrons. The average Bonchev–Trinajstić information content (AvgIpc) is 3.10. The van der Waals surface area contributed by atoms with Gasteiger partial charge in [0.1, 0.15) is 11.6 Å². The molecule has 1 aromatic carbocycles. The summed E-state index contributed by atoms with van der Waals surface area (Å²) < 4.78 is 62.2. The van der Waals surface area contributed by atoms with Crippen molar-refractivity contribution in [3.8, 4) is 0 Å². The molecule has 0 saturated carbocycles. The van der Waals surface area contributed by atoms with Gasteiger partial charge in [-0.2, -0.15) is 4.39 Å². The first kappa shape index (κ1) is 23.1. The van der Waals surface area contributed by atoms with Gasteiger partial charge in [0, 0.05) is 13.1 Å². The number of aromatic amines is 1. The van der Waals surface area contributed by atoms with Gasteiger partial charge in [-0.15, -0.1) is 0 Å². The Morgan fingerprint density at radius 3 is 2.31 bits per heavy atom. The summed E-state index contributed by atoms with van der Waals surface area (Å²) in [5.74, 6) is -9.53. The van der Waals surface area contributed by atoms with Gasteiger partial charge in [0.25, 0.3) is 11.5 Å². The number of nitrogens with zero attached hydrogens (tertiary/aromatic N) is 2. The standard InChI is InChI=1S/C20H20F4N4O4/c1-4-6-7-28-17(25)15(18(29)26-20(28)31)27(5-2)19(30)9-8(3)32-16-10(9)11(21)12(22)13(23)14(16)24/h4-7,25H2,1-3H3,(H,26,29,31). The molecule has 0 radical (unpaired) electrons. The number of carbonyl (C=O) groups excluding carboxylic acids is 1. The van der Waals surface area contributed by atoms with Crippen molar-refractivity contribution in [3.05, 3.63) is 55.4 Å². The molecule has 0 bridgehead atoms. The molecule has 0 aliphatic carbocycles. The minimum Gasteiger partial charge on any atom is -0.457 e. The molecule has 2 heterocycles. The van der Waals surface area contributed by atoms with Crippen LogP contribution in [0.3, 0.4) is 0 Å². The first-order chi connectivity index (χ1) is 15.1. The molecule has 2 aromatic heterocycles. The van der Waals surface area contributed by atoms with E-state index in [1.165, 1.54) is 13.8 Å². The summed E-state index contributed by atoms with van der Waals surface area (Å²) >= 11 is 0. The summed E-state index contributed by atoms with van der Waals surface area (Å²) in [7, 11) is 0. The van der Waals surface area contributed by atoms with Crippen molar-refractivity contribution in [3.63, 3.8) is 0 Å². The highest BCUT2D eigenvalue weighted by Crippen LogP contribution is 2.35. The number of aromatic nitrogens is 2. The zero-order chi connectivity index (χ0) is 23.9. The SMILES string of the molecule is CCCCn1c(N)c(N(CC)C(=O)c2c(C)oc3c(F)c(F)c(F)c(F)c23)c(=O)[nH]c1=O. The van der Waals surface area contributed by atoms with Gasteiger partial charge in [-0.25, -0.2) is 18.0 Å². The van der Waals surface area contributed by atoms with E-state index in [0.29, 0.717) is 12.8 Å². The molecule has 12 heteroatoms. The van der Waals surface area contributed by atoms with E-state index in [1.807, 2.05) is 6.92 Å². The lowest BCUT2D eigenvalue weighted by Gasteiger charge is -2.23. The van der Waals surface area contributed by atoms with Crippen LogP contribution in [0.25, 0.3) is 11.0 Å². The monoisotopic (exact) mass is 456 g/mol. The Kier molecular flexibility index (Phi) is 6.15. The number of furan rings is 1. The summed E-state index contributed by atoms with van der Waals surface area (Å²) in [6.07, 6.45) is 1.26. The van der Waals surface area contributed by atoms with Crippen LogP contribution in [0.4, 0.5) is 29.1 Å². The van der Waals surface area contributed by atoms with E-state index in [4.69, 9.17) is 10.2 Å². The minimum atomic E-state index is -2.11. The number of halogens is 4. The first-order valence-corrected chi connectivity index (χ1v) is 9.76. The fraction of sp³-hybridized carbons (Fsp3) is 0.350. The zero-order valence-corrected chi connectivity index (χ0v) is 17.4. The Bertz CT molecular complexity index is 1340. The summed E-state index contributed by atoms with van der Waals surface area (Å²) in [5, 5.41) is -0.906. The van der Waals surface area contributed by atoms with E-state index in [9.17, 15) is 31.9 Å². The lowest BCUT2D eigenvalue weighted by atomic mass is 10.1. The molecule has 0 aliphatic heterocycles. The zero-order valence-electron chi connectivity index (χ0n) is 17.4. The quantitative estimate of drug-likeness (QED) is 0.336. The number of amides is 1. The van der Waals surface area contributed by atoms with Gasteiger partial charge in [-0.3, -0.25) is 19.1 Å². The predicted molar refractivity (Wildman–Crippen MR) is 109 cm³/mol. The van der Waals surface area contributed by atoms with Crippen LogP contribution in [0, 0.1) is 30.2 Å². The lowest BCUT2D eigenvalue weighted by molar-refractivity contribution is 0.0987. The number of benzene rings is 1. The third kappa shape index (κ3) is 3.45. The fourth-order valence-corrected chi connectivity index (χ4v) is 3.48. The molecular weight excluding hydrogens is 436 g/mol. The highest BCUT2D eigenvalue weighted by atomic mass is 19.2. The molecule has 0 unspecified atom stereocenters. The summed E-state index contributed by atoms with van der Waals surface area (Å²) in [4.78, 5) is 40.9. The summed E-state index contributed by atoms with van der Waals surface area (Å²) in [6, 6.07) is 0. The number of nitrogens with one attached hydrogen (secondary N) is 1. The second-order valence-electron chi connectivity index (χ2n) is 7.04. The Morgan fingerprint density at radius 2 is 1.72 bits per heavy atom. The van der Waals surface area contributed by atoms with Crippen LogP contribution < -0.4 is 21.9 Å². The number of H-pyrrole nitrogens is 1. The van der Waals surface area contributed by atoms with Crippen LogP contribution in [0.5, 0.6) is 0 Å². The maximum Gasteiger partial charge on any atom is 0.330 e. The third-order valence-electron chi connectivity index (χ3n) is 5.08. The van der Waals surface area contributed by atoms with Crippen LogP contribution in [-0.4, -0.2) is 22.0 Å². The van der Waals surface area contributed by atoms with Gasteiger partial charge in [0.2, 0.25) is 11.6 Å². The van der Waals surface area contributed by atoms with Crippen LogP contribution in [0.2, 0.25) is 0 Å². The molecule has 0 spiro atoms. The maximum atomic E-state index is 14.5. The van der Waals surface area contributed by atoms with Gasteiger partial charge in [-0.1, -0.05) is 13.3 Å². The predicted octanol–water partition coefficient (Wildman–Crippen LogP) is 3.20. The van der Waals surface area contributed by atoms with Crippen molar-refractivity contribution in [2.45, 2.75) is 40.2 Å². The summed E-state index contributed by atoms with van der Waals surface area (Å²) in [5.41, 5.74) is 2.28. The number of carbonyl (C=O) groups is 1. The van der Waals surface area contributed by atoms with Gasteiger partial charge >= 0.3 is 5.69 Å². The van der Waals surface area contributed by atoms with Gasteiger partial charge in [-0.05, 0) is 20.3 Å². The molecule has 3 N–H and O–H groups in total. The van der Waals surface area contributed by atoms with Gasteiger partial charge < -0.3 is 15.1 Å². The fourth-order valence-electron chi connectivity index (χ4n) is 3.48. The number of unbranched alkanes of at least 4 members (excludes halogenated alkanes) is 1. The Morgan fingerprint density at radius 1 is 1.09 bits per heavy atom. The Balaban J connectivity index is 2.27. The van der Waals surface area contributed by atoms with Crippen molar-refractivity contribution >= 4 is 28.4 Å². The van der Waals surface area contributed by atoms with Gasteiger partial charge in [0.15, 0.2) is 22.9 Å². The van der Waals surface area contributed by atoms with Crippen molar-refractivity contribution in [1.29, 1.82) is 0 Å². The number of nitrogen functional groups attached to an aromatic ring is 1. The molecule has 3 rings (SSSR count). The number of hydrogen-bond acceptors (Lipinski definition) is 5. The number of aryl methyl sites for hydroxylation is 1. The Labute approximate surface area is 178 Å². The molecule has 1 amide bonds. The number of anilines is 2. The molecule has 0 atom stereocenters. The van der Waals surface area contributed by atoms with Gasteiger partial charge in [0.05, 0.1) is 10.9 Å². The molecule has 0 saturated heterocycles. The number of rotatable bonds is 6. The number of hydrogen-bond donors (Lipinski definition) is 2. The van der Waals surface area contributed by atoms with Crippen molar-refractivity contribution in [1.82, 2.24) is 9.55 Å². The second kappa shape index (κ2) is 8.52. The van der Waals surface area contributed by atoms with Crippen LogP contribution in [0.1, 0.15) is 42.8 Å². The van der Waals surface area contributed by atoms with E-state index in [2.05, 4.69) is 4.98 Å². The van der Waals surface area contributed by atoms with Crippen LogP contribution in [-0.2, 0) is 6.54 Å². The topological polar surface area (TPSA) is 114 Å². The molecule has 32 heavy (non-hydrogen) atoms. The second-order valence-corrected chi connectivity index (χ2v) is 7.04. The maximum absolute atomic E-state index is 14.5.